The highest BCUT2D eigenvalue weighted by atomic mass is 79.9. The van der Waals surface area contributed by atoms with E-state index in [0.717, 1.165) is 8.92 Å². The van der Waals surface area contributed by atoms with Crippen LogP contribution in [-0.4, -0.2) is 28.8 Å². The average molecular weight is 294 g/mol. The Labute approximate surface area is 100 Å². The number of nitrogens with zero attached hydrogens (tertiary/aromatic N) is 2. The predicted molar refractivity (Wildman–Crippen MR) is 60.5 cm³/mol. The van der Waals surface area contributed by atoms with Crippen molar-refractivity contribution in [1.29, 1.82) is 0 Å². The van der Waals surface area contributed by atoms with Gasteiger partial charge in [-0.2, -0.15) is 0 Å². The molecule has 0 aliphatic rings. The molecule has 0 aliphatic heterocycles. The molecule has 15 heavy (non-hydrogen) atoms. The molecule has 0 aliphatic carbocycles. The maximum absolute atomic E-state index is 11.2. The Morgan fingerprint density at radius 3 is 2.93 bits per heavy atom. The fourth-order valence-corrected chi connectivity index (χ4v) is 2.05. The molecule has 1 heterocycles. The lowest BCUT2D eigenvalue weighted by Crippen LogP contribution is -2.34. The summed E-state index contributed by atoms with van der Waals surface area (Å²) in [5, 5.41) is 11.5. The van der Waals surface area contributed by atoms with Crippen molar-refractivity contribution >= 4 is 33.2 Å². The average Bonchev–Trinajstić information content (AvgIpc) is 2.61. The normalized spacial score (nSPS) is 12.5. The second-order valence-corrected chi connectivity index (χ2v) is 5.14. The van der Waals surface area contributed by atoms with Crippen molar-refractivity contribution in [3.63, 3.8) is 0 Å². The zero-order valence-electron chi connectivity index (χ0n) is 8.49. The van der Waals surface area contributed by atoms with E-state index in [0.29, 0.717) is 13.2 Å². The van der Waals surface area contributed by atoms with Crippen LogP contribution in [0.1, 0.15) is 18.9 Å². The summed E-state index contributed by atoms with van der Waals surface area (Å²) in [6.07, 6.45) is 0. The van der Waals surface area contributed by atoms with E-state index in [-0.39, 0.29) is 12.0 Å². The van der Waals surface area contributed by atoms with E-state index in [1.165, 1.54) is 11.3 Å². The topological polar surface area (TPSA) is 64.1 Å². The van der Waals surface area contributed by atoms with E-state index >= 15 is 0 Å². The fraction of sp³-hybridized carbons (Fsp3) is 0.625. The number of ether oxygens (including phenoxy) is 1. The zero-order chi connectivity index (χ0) is 11.3. The molecule has 1 rings (SSSR count). The molecule has 0 amide bonds. The lowest BCUT2D eigenvalue weighted by atomic mass is 10.3. The third-order valence-electron chi connectivity index (χ3n) is 1.64. The van der Waals surface area contributed by atoms with Crippen molar-refractivity contribution < 1.29 is 9.53 Å². The summed E-state index contributed by atoms with van der Waals surface area (Å²) in [4.78, 5) is 11.2. The molecule has 5 nitrogen and oxygen atoms in total. The van der Waals surface area contributed by atoms with E-state index < -0.39 is 0 Å². The molecule has 0 bridgehead atoms. The summed E-state index contributed by atoms with van der Waals surface area (Å²) < 4.78 is 5.59. The molecule has 0 saturated carbocycles. The highest BCUT2D eigenvalue weighted by molar-refractivity contribution is 9.11. The Balaban J connectivity index is 2.33. The molecule has 1 unspecified atom stereocenters. The Kier molecular flexibility index (Phi) is 5.13. The van der Waals surface area contributed by atoms with Gasteiger partial charge in [-0.25, -0.2) is 0 Å². The van der Waals surface area contributed by atoms with Crippen LogP contribution in [0.4, 0.5) is 0 Å². The molecule has 1 N–H and O–H groups in total. The summed E-state index contributed by atoms with van der Waals surface area (Å²) in [5.74, 6) is -0.249. The SMILES string of the molecule is CCOC(=O)C(C)NCc1nnc(Br)s1. The molecule has 0 spiro atoms. The molecular formula is C8H12BrN3O2S. The van der Waals surface area contributed by atoms with E-state index in [1.54, 1.807) is 13.8 Å². The highest BCUT2D eigenvalue weighted by Crippen LogP contribution is 2.15. The maximum atomic E-state index is 11.2. The second-order valence-electron chi connectivity index (χ2n) is 2.80. The van der Waals surface area contributed by atoms with Gasteiger partial charge in [-0.05, 0) is 29.8 Å². The van der Waals surface area contributed by atoms with Crippen LogP contribution < -0.4 is 5.32 Å². The number of esters is 1. The van der Waals surface area contributed by atoms with Crippen LogP contribution in [0.15, 0.2) is 3.92 Å². The van der Waals surface area contributed by atoms with Gasteiger partial charge in [0.2, 0.25) is 0 Å². The van der Waals surface area contributed by atoms with Crippen molar-refractivity contribution in [3.8, 4) is 0 Å². The van der Waals surface area contributed by atoms with Crippen molar-refractivity contribution in [2.75, 3.05) is 6.61 Å². The minimum absolute atomic E-state index is 0.249. The first-order chi connectivity index (χ1) is 7.13. The van der Waals surface area contributed by atoms with Gasteiger partial charge >= 0.3 is 5.97 Å². The van der Waals surface area contributed by atoms with Crippen molar-refractivity contribution in [3.05, 3.63) is 8.92 Å². The van der Waals surface area contributed by atoms with Gasteiger partial charge in [0.05, 0.1) is 13.2 Å². The lowest BCUT2D eigenvalue weighted by molar-refractivity contribution is -0.145. The van der Waals surface area contributed by atoms with Gasteiger partial charge in [0.1, 0.15) is 11.0 Å². The zero-order valence-corrected chi connectivity index (χ0v) is 10.9. The number of hydrogen-bond donors (Lipinski definition) is 1. The molecule has 7 heteroatoms. The molecule has 1 aromatic heterocycles. The maximum Gasteiger partial charge on any atom is 0.322 e. The fourth-order valence-electron chi connectivity index (χ4n) is 0.896. The number of halogens is 1. The van der Waals surface area contributed by atoms with Crippen molar-refractivity contribution in [2.45, 2.75) is 26.4 Å². The predicted octanol–water partition coefficient (Wildman–Crippen LogP) is 1.34. The first kappa shape index (κ1) is 12.5. The summed E-state index contributed by atoms with van der Waals surface area (Å²) >= 11 is 4.65. The Morgan fingerprint density at radius 2 is 2.40 bits per heavy atom. The number of nitrogens with one attached hydrogen (secondary N) is 1. The minimum atomic E-state index is -0.326. The monoisotopic (exact) mass is 293 g/mol. The molecule has 0 fully saturated rings. The van der Waals surface area contributed by atoms with Gasteiger partial charge in [-0.3, -0.25) is 10.1 Å². The lowest BCUT2D eigenvalue weighted by Gasteiger charge is -2.10. The smallest absolute Gasteiger partial charge is 0.322 e. The van der Waals surface area contributed by atoms with Crippen LogP contribution in [-0.2, 0) is 16.1 Å². The van der Waals surface area contributed by atoms with E-state index in [1.807, 2.05) is 0 Å². The van der Waals surface area contributed by atoms with Crippen molar-refractivity contribution in [1.82, 2.24) is 15.5 Å². The number of carbonyl (C=O) groups excluding carboxylic acids is 1. The van der Waals surface area contributed by atoms with Crippen LogP contribution in [0.3, 0.4) is 0 Å². The first-order valence-corrected chi connectivity index (χ1v) is 6.12. The third-order valence-corrected chi connectivity index (χ3v) is 3.00. The molecule has 84 valence electrons. The van der Waals surface area contributed by atoms with Gasteiger partial charge in [0.25, 0.3) is 0 Å². The number of aromatic nitrogens is 2. The van der Waals surface area contributed by atoms with Crippen LogP contribution in [0.25, 0.3) is 0 Å². The van der Waals surface area contributed by atoms with Crippen LogP contribution in [0, 0.1) is 0 Å². The van der Waals surface area contributed by atoms with E-state index in [2.05, 4.69) is 31.4 Å². The summed E-state index contributed by atoms with van der Waals surface area (Å²) in [7, 11) is 0. The third kappa shape index (κ3) is 4.23. The molecule has 1 aromatic rings. The summed E-state index contributed by atoms with van der Waals surface area (Å²) in [6, 6.07) is -0.326. The first-order valence-electron chi connectivity index (χ1n) is 4.51. The van der Waals surface area contributed by atoms with Gasteiger partial charge in [-0.15, -0.1) is 10.2 Å². The molecular weight excluding hydrogens is 282 g/mol. The molecule has 0 saturated heterocycles. The van der Waals surface area contributed by atoms with Gasteiger partial charge < -0.3 is 4.74 Å². The molecule has 1 atom stereocenters. The second kappa shape index (κ2) is 6.14. The number of rotatable bonds is 5. The quantitative estimate of drug-likeness (QED) is 0.830. The van der Waals surface area contributed by atoms with Crippen LogP contribution in [0.2, 0.25) is 0 Å². The number of carbonyl (C=O) groups is 1. The van der Waals surface area contributed by atoms with E-state index in [4.69, 9.17) is 4.74 Å². The van der Waals surface area contributed by atoms with Crippen molar-refractivity contribution in [2.24, 2.45) is 0 Å². The Bertz CT molecular complexity index is 331. The standard InChI is InChI=1S/C8H12BrN3O2S/c1-3-14-7(13)5(2)10-4-6-11-12-8(9)15-6/h5,10H,3-4H2,1-2H3. The van der Waals surface area contributed by atoms with Gasteiger partial charge in [0, 0.05) is 0 Å². The number of hydrogen-bond acceptors (Lipinski definition) is 6. The minimum Gasteiger partial charge on any atom is -0.465 e. The molecule has 0 aromatic carbocycles. The van der Waals surface area contributed by atoms with Crippen LogP contribution >= 0.6 is 27.3 Å². The largest absolute Gasteiger partial charge is 0.465 e. The molecule has 0 radical (unpaired) electrons. The van der Waals surface area contributed by atoms with Gasteiger partial charge in [-0.1, -0.05) is 11.3 Å². The summed E-state index contributed by atoms with van der Waals surface area (Å²) in [6.45, 7) is 4.46. The van der Waals surface area contributed by atoms with E-state index in [9.17, 15) is 4.79 Å². The summed E-state index contributed by atoms with van der Waals surface area (Å²) in [5.41, 5.74) is 0. The Hall–Kier alpha value is -0.530. The Morgan fingerprint density at radius 1 is 1.67 bits per heavy atom. The van der Waals surface area contributed by atoms with Crippen LogP contribution in [0.5, 0.6) is 0 Å². The van der Waals surface area contributed by atoms with Gasteiger partial charge in [0.15, 0.2) is 3.92 Å². The highest BCUT2D eigenvalue weighted by Gasteiger charge is 2.13.